The van der Waals surface area contributed by atoms with Gasteiger partial charge in [0.1, 0.15) is 11.4 Å². The Bertz CT molecular complexity index is 366. The summed E-state index contributed by atoms with van der Waals surface area (Å²) in [5, 5.41) is 8.64. The third-order valence-corrected chi connectivity index (χ3v) is 2.07. The monoisotopic (exact) mass is 197 g/mol. The van der Waals surface area contributed by atoms with Crippen molar-refractivity contribution < 1.29 is 0 Å². The van der Waals surface area contributed by atoms with Crippen molar-refractivity contribution in [2.75, 3.05) is 37.8 Å². The van der Waals surface area contributed by atoms with Crippen molar-refractivity contribution in [1.82, 2.24) is 5.32 Å². The van der Waals surface area contributed by atoms with E-state index in [2.05, 4.69) is 16.0 Å². The first kappa shape index (κ1) is 10.7. The van der Waals surface area contributed by atoms with Crippen molar-refractivity contribution in [3.05, 3.63) is 20.4 Å². The van der Waals surface area contributed by atoms with Gasteiger partial charge in [0.05, 0.1) is 0 Å². The maximum Gasteiger partial charge on any atom is 0.253 e. The van der Waals surface area contributed by atoms with Crippen molar-refractivity contribution in [1.29, 1.82) is 0 Å². The predicted molar refractivity (Wildman–Crippen MR) is 57.9 cm³/mol. The first-order valence-corrected chi connectivity index (χ1v) is 4.62. The van der Waals surface area contributed by atoms with Crippen molar-refractivity contribution in [3.8, 4) is 0 Å². The van der Waals surface area contributed by atoms with Gasteiger partial charge in [-0.15, -0.1) is 0 Å². The van der Waals surface area contributed by atoms with Crippen LogP contribution >= 0.6 is 0 Å². The smallest absolute Gasteiger partial charge is 0.253 e. The molecule has 78 valence electrons. The molecule has 1 aromatic rings. The Kier molecular flexibility index (Phi) is 3.64. The van der Waals surface area contributed by atoms with Gasteiger partial charge in [0.2, 0.25) is 0 Å². The van der Waals surface area contributed by atoms with Crippen LogP contribution in [0.15, 0.2) is 9.59 Å². The fraction of sp³-hybridized carbons (Fsp3) is 0.556. The summed E-state index contributed by atoms with van der Waals surface area (Å²) in [6, 6.07) is 0. The summed E-state index contributed by atoms with van der Waals surface area (Å²) in [6.45, 7) is 1.58. The fourth-order valence-corrected chi connectivity index (χ4v) is 1.28. The molecule has 0 saturated carbocycles. The van der Waals surface area contributed by atoms with Crippen LogP contribution in [0.4, 0.5) is 11.4 Å². The van der Waals surface area contributed by atoms with Crippen LogP contribution < -0.4 is 26.8 Å². The molecule has 5 heteroatoms. The second-order valence-electron chi connectivity index (χ2n) is 3.04. The Hall–Kier alpha value is -1.36. The van der Waals surface area contributed by atoms with Crippen LogP contribution in [-0.2, 0) is 0 Å². The van der Waals surface area contributed by atoms with E-state index in [0.717, 1.165) is 13.0 Å². The summed E-state index contributed by atoms with van der Waals surface area (Å²) in [7, 11) is 3.51. The highest BCUT2D eigenvalue weighted by molar-refractivity contribution is 5.73. The summed E-state index contributed by atoms with van der Waals surface area (Å²) < 4.78 is 0. The summed E-state index contributed by atoms with van der Waals surface area (Å²) in [5.74, 6) is 0. The van der Waals surface area contributed by atoms with Gasteiger partial charge in [-0.3, -0.25) is 9.59 Å². The molecule has 0 spiro atoms. The number of hydrogen-bond donors (Lipinski definition) is 3. The molecule has 0 saturated heterocycles. The number of nitrogens with one attached hydrogen (secondary N) is 3. The zero-order valence-corrected chi connectivity index (χ0v) is 8.44. The fourth-order valence-electron chi connectivity index (χ4n) is 1.28. The molecule has 0 aliphatic heterocycles. The van der Waals surface area contributed by atoms with Crippen LogP contribution in [0.5, 0.6) is 0 Å². The quantitative estimate of drug-likeness (QED) is 0.417. The minimum absolute atomic E-state index is 0.402. The molecular weight excluding hydrogens is 182 g/mol. The van der Waals surface area contributed by atoms with E-state index in [9.17, 15) is 9.59 Å². The third-order valence-electron chi connectivity index (χ3n) is 2.07. The molecule has 3 N–H and O–H groups in total. The third kappa shape index (κ3) is 1.93. The molecule has 0 unspecified atom stereocenters. The molecule has 1 aromatic carbocycles. The van der Waals surface area contributed by atoms with E-state index in [4.69, 9.17) is 0 Å². The van der Waals surface area contributed by atoms with E-state index in [-0.39, 0.29) is 0 Å². The lowest BCUT2D eigenvalue weighted by atomic mass is 10.2. The molecule has 0 aliphatic rings. The van der Waals surface area contributed by atoms with E-state index in [1.807, 2.05) is 7.05 Å². The van der Waals surface area contributed by atoms with Crippen LogP contribution in [0.3, 0.4) is 0 Å². The molecule has 0 aliphatic carbocycles. The highest BCUT2D eigenvalue weighted by Gasteiger charge is 2.18. The maximum absolute atomic E-state index is 11.1. The molecule has 0 radical (unpaired) electrons. The van der Waals surface area contributed by atoms with E-state index in [1.54, 1.807) is 7.05 Å². The highest BCUT2D eigenvalue weighted by atomic mass is 16.2. The van der Waals surface area contributed by atoms with Gasteiger partial charge in [-0.05, 0) is 20.0 Å². The van der Waals surface area contributed by atoms with Crippen molar-refractivity contribution in [3.63, 3.8) is 0 Å². The molecule has 0 amide bonds. The van der Waals surface area contributed by atoms with Crippen LogP contribution in [-0.4, -0.2) is 27.2 Å². The van der Waals surface area contributed by atoms with Gasteiger partial charge in [0, 0.05) is 13.6 Å². The molecule has 14 heavy (non-hydrogen) atoms. The lowest BCUT2D eigenvalue weighted by Gasteiger charge is -2.11. The molecule has 1 rings (SSSR count). The van der Waals surface area contributed by atoms with Crippen LogP contribution in [0.2, 0.25) is 0 Å². The molecule has 0 heterocycles. The van der Waals surface area contributed by atoms with Gasteiger partial charge in [0.15, 0.2) is 0 Å². The standard InChI is InChI=1S/C9H15N3O2/c1-10-4-3-5-12-7-6(11-2)8(13)9(7)14/h10-12H,3-5H2,1-2H3. The molecule has 0 bridgehead atoms. The van der Waals surface area contributed by atoms with Gasteiger partial charge in [-0.1, -0.05) is 0 Å². The largest absolute Gasteiger partial charge is 0.383 e. The Labute approximate surface area is 82.2 Å². The maximum atomic E-state index is 11.1. The van der Waals surface area contributed by atoms with E-state index >= 15 is 0 Å². The molecular formula is C9H15N3O2. The van der Waals surface area contributed by atoms with Gasteiger partial charge in [0.25, 0.3) is 10.9 Å². The average Bonchev–Trinajstić information content (AvgIpc) is 2.21. The normalized spacial score (nSPS) is 10.4. The topological polar surface area (TPSA) is 70.2 Å². The summed E-state index contributed by atoms with van der Waals surface area (Å²) >= 11 is 0. The second-order valence-corrected chi connectivity index (χ2v) is 3.04. The van der Waals surface area contributed by atoms with Crippen molar-refractivity contribution in [2.24, 2.45) is 0 Å². The molecule has 0 atom stereocenters. The second kappa shape index (κ2) is 4.76. The van der Waals surface area contributed by atoms with Crippen LogP contribution in [0.1, 0.15) is 6.42 Å². The summed E-state index contributed by atoms with van der Waals surface area (Å²) in [4.78, 5) is 22.0. The first-order valence-electron chi connectivity index (χ1n) is 4.62. The van der Waals surface area contributed by atoms with Gasteiger partial charge in [-0.2, -0.15) is 0 Å². The number of anilines is 2. The van der Waals surface area contributed by atoms with Crippen molar-refractivity contribution >= 4 is 11.4 Å². The Balaban J connectivity index is 2.48. The molecule has 0 fully saturated rings. The lowest BCUT2D eigenvalue weighted by Crippen LogP contribution is -2.37. The van der Waals surface area contributed by atoms with Gasteiger partial charge in [-0.25, -0.2) is 0 Å². The van der Waals surface area contributed by atoms with Crippen molar-refractivity contribution in [2.45, 2.75) is 6.42 Å². The van der Waals surface area contributed by atoms with Crippen LogP contribution in [0, 0.1) is 0 Å². The molecule has 5 nitrogen and oxygen atoms in total. The summed E-state index contributed by atoms with van der Waals surface area (Å²) in [6.07, 6.45) is 0.915. The highest BCUT2D eigenvalue weighted by Crippen LogP contribution is 2.12. The lowest BCUT2D eigenvalue weighted by molar-refractivity contribution is 0.747. The zero-order chi connectivity index (χ0) is 10.6. The van der Waals surface area contributed by atoms with E-state index in [0.29, 0.717) is 17.9 Å². The Morgan fingerprint density at radius 2 is 1.64 bits per heavy atom. The SMILES string of the molecule is CNCCCNc1c(NC)c(=O)c1=O. The van der Waals surface area contributed by atoms with E-state index < -0.39 is 10.9 Å². The predicted octanol–water partition coefficient (Wildman–Crippen LogP) is -0.654. The van der Waals surface area contributed by atoms with Gasteiger partial charge < -0.3 is 16.0 Å². The summed E-state index contributed by atoms with van der Waals surface area (Å²) in [5.41, 5.74) is -0.0181. The number of hydrogen-bond acceptors (Lipinski definition) is 5. The zero-order valence-electron chi connectivity index (χ0n) is 8.44. The minimum atomic E-state index is -0.427. The Morgan fingerprint density at radius 1 is 1.00 bits per heavy atom. The van der Waals surface area contributed by atoms with Crippen LogP contribution in [0.25, 0.3) is 0 Å². The Morgan fingerprint density at radius 3 is 2.21 bits per heavy atom. The number of rotatable bonds is 6. The van der Waals surface area contributed by atoms with Gasteiger partial charge >= 0.3 is 0 Å². The minimum Gasteiger partial charge on any atom is -0.383 e. The average molecular weight is 197 g/mol. The first-order chi connectivity index (χ1) is 6.72. The van der Waals surface area contributed by atoms with E-state index in [1.165, 1.54) is 0 Å². The molecule has 0 aromatic heterocycles.